The van der Waals surface area contributed by atoms with E-state index in [0.29, 0.717) is 5.13 Å². The summed E-state index contributed by atoms with van der Waals surface area (Å²) in [7, 11) is -3.71. The molecular weight excluding hydrogens is 284 g/mol. The fourth-order valence-electron chi connectivity index (χ4n) is 1.62. The van der Waals surface area contributed by atoms with Crippen LogP contribution in [0.25, 0.3) is 0 Å². The molecule has 0 aliphatic heterocycles. The van der Waals surface area contributed by atoms with Gasteiger partial charge in [-0.2, -0.15) is 0 Å². The summed E-state index contributed by atoms with van der Waals surface area (Å²) in [4.78, 5) is 5.24. The maximum Gasteiger partial charge on any atom is 0.263 e. The van der Waals surface area contributed by atoms with Crippen LogP contribution in [-0.2, 0) is 16.4 Å². The minimum absolute atomic E-state index is 0.0124. The number of nitrogens with one attached hydrogen (secondary N) is 1. The third-order valence-electron chi connectivity index (χ3n) is 2.58. The lowest BCUT2D eigenvalue weighted by Crippen LogP contribution is -2.12. The standard InChI is InChI=1S/C12H14N2O3S2/c1-3-11-8(2)18-12(13-11)14-19(16,17)10-6-4-5-9(15)7-10/h4-7,15H,3H2,1-2H3,(H,13,14). The summed E-state index contributed by atoms with van der Waals surface area (Å²) < 4.78 is 26.6. The number of aryl methyl sites for hydroxylation is 2. The topological polar surface area (TPSA) is 79.3 Å². The molecule has 0 spiro atoms. The predicted molar refractivity (Wildman–Crippen MR) is 75.1 cm³/mol. The van der Waals surface area contributed by atoms with Crippen LogP contribution < -0.4 is 4.72 Å². The Labute approximate surface area is 116 Å². The highest BCUT2D eigenvalue weighted by atomic mass is 32.2. The van der Waals surface area contributed by atoms with Crippen LogP contribution in [0.5, 0.6) is 5.75 Å². The van der Waals surface area contributed by atoms with Crippen molar-refractivity contribution in [1.82, 2.24) is 4.98 Å². The Bertz CT molecular complexity index is 693. The molecule has 7 heteroatoms. The van der Waals surface area contributed by atoms with Gasteiger partial charge in [-0.25, -0.2) is 13.4 Å². The Morgan fingerprint density at radius 1 is 1.42 bits per heavy atom. The van der Waals surface area contributed by atoms with E-state index in [0.717, 1.165) is 17.0 Å². The Balaban J connectivity index is 2.31. The number of benzene rings is 1. The van der Waals surface area contributed by atoms with Crippen molar-refractivity contribution in [1.29, 1.82) is 0 Å². The number of thiazole rings is 1. The average molecular weight is 298 g/mol. The summed E-state index contributed by atoms with van der Waals surface area (Å²) in [6.45, 7) is 3.87. The molecule has 2 rings (SSSR count). The van der Waals surface area contributed by atoms with E-state index in [1.54, 1.807) is 0 Å². The molecule has 2 aromatic rings. The highest BCUT2D eigenvalue weighted by Crippen LogP contribution is 2.25. The maximum absolute atomic E-state index is 12.1. The van der Waals surface area contributed by atoms with Gasteiger partial charge in [0.15, 0.2) is 5.13 Å². The van der Waals surface area contributed by atoms with Gasteiger partial charge in [-0.15, -0.1) is 11.3 Å². The van der Waals surface area contributed by atoms with Crippen molar-refractivity contribution < 1.29 is 13.5 Å². The molecule has 0 saturated heterocycles. The van der Waals surface area contributed by atoms with Crippen LogP contribution in [-0.4, -0.2) is 18.5 Å². The summed E-state index contributed by atoms with van der Waals surface area (Å²) >= 11 is 1.30. The number of phenols is 1. The molecule has 0 fully saturated rings. The summed E-state index contributed by atoms with van der Waals surface area (Å²) in [5.41, 5.74) is 0.888. The molecule has 19 heavy (non-hydrogen) atoms. The molecule has 0 aliphatic rings. The molecule has 0 atom stereocenters. The predicted octanol–water partition coefficient (Wildman–Crippen LogP) is 2.52. The van der Waals surface area contributed by atoms with Crippen molar-refractivity contribution in [2.75, 3.05) is 4.72 Å². The average Bonchev–Trinajstić information content (AvgIpc) is 2.68. The zero-order valence-electron chi connectivity index (χ0n) is 10.5. The largest absolute Gasteiger partial charge is 0.508 e. The fourth-order valence-corrected chi connectivity index (χ4v) is 3.80. The van der Waals surface area contributed by atoms with Crippen molar-refractivity contribution in [2.24, 2.45) is 0 Å². The maximum atomic E-state index is 12.1. The van der Waals surface area contributed by atoms with E-state index >= 15 is 0 Å². The van der Waals surface area contributed by atoms with Gasteiger partial charge in [-0.3, -0.25) is 4.72 Å². The number of phenolic OH excluding ortho intramolecular Hbond substituents is 1. The quantitative estimate of drug-likeness (QED) is 0.909. The first-order chi connectivity index (χ1) is 8.92. The van der Waals surface area contributed by atoms with E-state index in [1.165, 1.54) is 35.6 Å². The second-order valence-electron chi connectivity index (χ2n) is 3.98. The third-order valence-corrected chi connectivity index (χ3v) is 4.97. The molecule has 0 radical (unpaired) electrons. The van der Waals surface area contributed by atoms with Crippen molar-refractivity contribution in [3.05, 3.63) is 34.8 Å². The first-order valence-electron chi connectivity index (χ1n) is 5.70. The van der Waals surface area contributed by atoms with Crippen molar-refractivity contribution >= 4 is 26.5 Å². The molecule has 0 unspecified atom stereocenters. The summed E-state index contributed by atoms with van der Waals surface area (Å²) in [6.07, 6.45) is 0.760. The molecular formula is C12H14N2O3S2. The smallest absolute Gasteiger partial charge is 0.263 e. The number of rotatable bonds is 4. The molecule has 1 aromatic heterocycles. The van der Waals surface area contributed by atoms with E-state index in [2.05, 4.69) is 9.71 Å². The van der Waals surface area contributed by atoms with Crippen LogP contribution in [0.2, 0.25) is 0 Å². The lowest BCUT2D eigenvalue weighted by Gasteiger charge is -2.05. The highest BCUT2D eigenvalue weighted by molar-refractivity contribution is 7.93. The number of hydrogen-bond donors (Lipinski definition) is 2. The molecule has 102 valence electrons. The Hall–Kier alpha value is -1.60. The molecule has 0 saturated carbocycles. The highest BCUT2D eigenvalue weighted by Gasteiger charge is 2.17. The minimum atomic E-state index is -3.71. The van der Waals surface area contributed by atoms with Gasteiger partial charge in [0.2, 0.25) is 0 Å². The zero-order chi connectivity index (χ0) is 14.0. The van der Waals surface area contributed by atoms with Crippen LogP contribution in [0.4, 0.5) is 5.13 Å². The first-order valence-corrected chi connectivity index (χ1v) is 8.00. The zero-order valence-corrected chi connectivity index (χ0v) is 12.2. The summed E-state index contributed by atoms with van der Waals surface area (Å²) in [6, 6.07) is 5.52. The van der Waals surface area contributed by atoms with Crippen LogP contribution in [0.1, 0.15) is 17.5 Å². The van der Waals surface area contributed by atoms with Crippen LogP contribution in [0.3, 0.4) is 0 Å². The van der Waals surface area contributed by atoms with Gasteiger partial charge in [0.1, 0.15) is 5.75 Å². The van der Waals surface area contributed by atoms with E-state index in [9.17, 15) is 13.5 Å². The summed E-state index contributed by atoms with van der Waals surface area (Å²) in [5, 5.41) is 9.67. The Morgan fingerprint density at radius 2 is 2.16 bits per heavy atom. The van der Waals surface area contributed by atoms with Gasteiger partial charge in [0.05, 0.1) is 10.6 Å². The van der Waals surface area contributed by atoms with Crippen LogP contribution in [0, 0.1) is 6.92 Å². The molecule has 1 aromatic carbocycles. The molecule has 0 aliphatic carbocycles. The minimum Gasteiger partial charge on any atom is -0.508 e. The Morgan fingerprint density at radius 3 is 2.74 bits per heavy atom. The number of aromatic hydroxyl groups is 1. The Kier molecular flexibility index (Phi) is 3.77. The van der Waals surface area contributed by atoms with Gasteiger partial charge in [0, 0.05) is 10.9 Å². The van der Waals surface area contributed by atoms with Crippen LogP contribution in [0.15, 0.2) is 29.2 Å². The third kappa shape index (κ3) is 3.05. The second kappa shape index (κ2) is 5.18. The van der Waals surface area contributed by atoms with E-state index in [4.69, 9.17) is 0 Å². The fraction of sp³-hybridized carbons (Fsp3) is 0.250. The second-order valence-corrected chi connectivity index (χ2v) is 6.86. The van der Waals surface area contributed by atoms with Gasteiger partial charge in [-0.05, 0) is 25.5 Å². The molecule has 0 bridgehead atoms. The summed E-state index contributed by atoms with van der Waals surface area (Å²) in [5.74, 6) is -0.0903. The van der Waals surface area contributed by atoms with Gasteiger partial charge in [-0.1, -0.05) is 13.0 Å². The normalized spacial score (nSPS) is 11.5. The number of sulfonamides is 1. The molecule has 1 heterocycles. The lowest BCUT2D eigenvalue weighted by molar-refractivity contribution is 0.473. The molecule has 0 amide bonds. The SMILES string of the molecule is CCc1nc(NS(=O)(=O)c2cccc(O)c2)sc1C. The molecule has 5 nitrogen and oxygen atoms in total. The van der Waals surface area contributed by atoms with E-state index < -0.39 is 10.0 Å². The van der Waals surface area contributed by atoms with Gasteiger partial charge >= 0.3 is 0 Å². The lowest BCUT2D eigenvalue weighted by atomic mass is 10.3. The molecule has 2 N–H and O–H groups in total. The van der Waals surface area contributed by atoms with Gasteiger partial charge < -0.3 is 5.11 Å². The van der Waals surface area contributed by atoms with Gasteiger partial charge in [0.25, 0.3) is 10.0 Å². The number of hydrogen-bond acceptors (Lipinski definition) is 5. The first kappa shape index (κ1) is 13.8. The van der Waals surface area contributed by atoms with Crippen molar-refractivity contribution in [3.63, 3.8) is 0 Å². The van der Waals surface area contributed by atoms with Crippen molar-refractivity contribution in [3.8, 4) is 5.75 Å². The van der Waals surface area contributed by atoms with E-state index in [1.807, 2.05) is 13.8 Å². The van der Waals surface area contributed by atoms with Crippen molar-refractivity contribution in [2.45, 2.75) is 25.2 Å². The van der Waals surface area contributed by atoms with Crippen LogP contribution >= 0.6 is 11.3 Å². The monoisotopic (exact) mass is 298 g/mol. The number of aromatic nitrogens is 1. The number of anilines is 1. The van der Waals surface area contributed by atoms with E-state index in [-0.39, 0.29) is 10.6 Å². The number of nitrogens with zero attached hydrogens (tertiary/aromatic N) is 1.